The van der Waals surface area contributed by atoms with E-state index in [1.165, 1.54) is 5.56 Å². The van der Waals surface area contributed by atoms with E-state index in [1.807, 2.05) is 5.38 Å². The van der Waals surface area contributed by atoms with Gasteiger partial charge < -0.3 is 5.11 Å². The first-order valence-corrected chi connectivity index (χ1v) is 8.38. The predicted molar refractivity (Wildman–Crippen MR) is 90.0 cm³/mol. The van der Waals surface area contributed by atoms with Crippen LogP contribution in [0.15, 0.2) is 29.6 Å². The highest BCUT2D eigenvalue weighted by Gasteiger charge is 2.20. The molecule has 1 N–H and O–H groups in total. The van der Waals surface area contributed by atoms with E-state index in [0.29, 0.717) is 12.3 Å². The molecule has 1 heterocycles. The smallest absolute Gasteiger partial charge is 0.101 e. The molecule has 114 valence electrons. The third-order valence-electron chi connectivity index (χ3n) is 3.58. The summed E-state index contributed by atoms with van der Waals surface area (Å²) in [6, 6.07) is 8.51. The SMILES string of the molecule is CC(C)c1ccc(CC(O)c2csc(C(C)(C)C)n2)cc1. The predicted octanol–water partition coefficient (Wildman–Crippen LogP) is 4.84. The van der Waals surface area contributed by atoms with Crippen molar-refractivity contribution in [3.63, 3.8) is 0 Å². The summed E-state index contributed by atoms with van der Waals surface area (Å²) in [5.74, 6) is 0.539. The fraction of sp³-hybridized carbons (Fsp3) is 0.500. The molecule has 3 heteroatoms. The largest absolute Gasteiger partial charge is 0.386 e. The molecule has 1 atom stereocenters. The molecule has 1 aromatic heterocycles. The number of nitrogens with zero attached hydrogens (tertiary/aromatic N) is 1. The van der Waals surface area contributed by atoms with Crippen LogP contribution in [-0.2, 0) is 11.8 Å². The quantitative estimate of drug-likeness (QED) is 0.876. The van der Waals surface area contributed by atoms with Gasteiger partial charge in [-0.05, 0) is 17.0 Å². The molecule has 0 fully saturated rings. The Balaban J connectivity index is 2.07. The van der Waals surface area contributed by atoms with Crippen molar-refractivity contribution in [2.75, 3.05) is 0 Å². The highest BCUT2D eigenvalue weighted by Crippen LogP contribution is 2.29. The summed E-state index contributed by atoms with van der Waals surface area (Å²) in [6.07, 6.45) is 0.0911. The molecule has 0 saturated carbocycles. The van der Waals surface area contributed by atoms with Crippen LogP contribution in [0.2, 0.25) is 0 Å². The van der Waals surface area contributed by atoms with Gasteiger partial charge in [-0.3, -0.25) is 0 Å². The second kappa shape index (κ2) is 6.29. The monoisotopic (exact) mass is 303 g/mol. The normalized spacial score (nSPS) is 13.7. The molecule has 21 heavy (non-hydrogen) atoms. The van der Waals surface area contributed by atoms with Crippen molar-refractivity contribution in [3.8, 4) is 0 Å². The van der Waals surface area contributed by atoms with Gasteiger partial charge >= 0.3 is 0 Å². The van der Waals surface area contributed by atoms with Crippen LogP contribution in [-0.4, -0.2) is 10.1 Å². The van der Waals surface area contributed by atoms with Crippen molar-refractivity contribution in [3.05, 3.63) is 51.5 Å². The van der Waals surface area contributed by atoms with Crippen molar-refractivity contribution in [1.29, 1.82) is 0 Å². The molecule has 0 aliphatic heterocycles. The Kier molecular flexibility index (Phi) is 4.84. The molecule has 0 aliphatic carbocycles. The standard InChI is InChI=1S/C18H25NOS/c1-12(2)14-8-6-13(7-9-14)10-16(20)15-11-21-17(19-15)18(3,4)5/h6-9,11-12,16,20H,10H2,1-5H3. The molecule has 0 bridgehead atoms. The summed E-state index contributed by atoms with van der Waals surface area (Å²) in [7, 11) is 0. The lowest BCUT2D eigenvalue weighted by molar-refractivity contribution is 0.174. The minimum absolute atomic E-state index is 0.0432. The van der Waals surface area contributed by atoms with Gasteiger partial charge in [0.15, 0.2) is 0 Å². The van der Waals surface area contributed by atoms with Crippen LogP contribution >= 0.6 is 11.3 Å². The van der Waals surface area contributed by atoms with E-state index in [1.54, 1.807) is 11.3 Å². The Hall–Kier alpha value is -1.19. The van der Waals surface area contributed by atoms with Gasteiger partial charge in [0.05, 0.1) is 10.7 Å². The van der Waals surface area contributed by atoms with E-state index in [-0.39, 0.29) is 5.41 Å². The van der Waals surface area contributed by atoms with Crippen LogP contribution in [0, 0.1) is 0 Å². The topological polar surface area (TPSA) is 33.1 Å². The molecular weight excluding hydrogens is 278 g/mol. The van der Waals surface area contributed by atoms with Crippen molar-refractivity contribution < 1.29 is 5.11 Å². The lowest BCUT2D eigenvalue weighted by Gasteiger charge is -2.14. The number of benzene rings is 1. The van der Waals surface area contributed by atoms with Gasteiger partial charge in [0.1, 0.15) is 6.10 Å². The third kappa shape index (κ3) is 4.14. The second-order valence-electron chi connectivity index (χ2n) is 6.94. The fourth-order valence-corrected chi connectivity index (χ4v) is 3.10. The molecule has 2 rings (SSSR count). The van der Waals surface area contributed by atoms with Gasteiger partial charge in [0.25, 0.3) is 0 Å². The van der Waals surface area contributed by atoms with E-state index in [2.05, 4.69) is 63.9 Å². The lowest BCUT2D eigenvalue weighted by atomic mass is 9.98. The summed E-state index contributed by atoms with van der Waals surface area (Å²) in [5.41, 5.74) is 3.31. The first-order valence-electron chi connectivity index (χ1n) is 7.50. The van der Waals surface area contributed by atoms with E-state index >= 15 is 0 Å². The number of thiazole rings is 1. The number of hydrogen-bond donors (Lipinski definition) is 1. The summed E-state index contributed by atoms with van der Waals surface area (Å²) >= 11 is 1.63. The molecule has 0 aliphatic rings. The Morgan fingerprint density at radius 1 is 1.14 bits per heavy atom. The molecule has 0 amide bonds. The van der Waals surface area contributed by atoms with E-state index in [0.717, 1.165) is 16.3 Å². The van der Waals surface area contributed by atoms with Gasteiger partial charge in [-0.2, -0.15) is 0 Å². The molecular formula is C18H25NOS. The van der Waals surface area contributed by atoms with Crippen LogP contribution in [0.1, 0.15) is 68.5 Å². The van der Waals surface area contributed by atoms with Crippen molar-refractivity contribution >= 4 is 11.3 Å². The molecule has 0 spiro atoms. The third-order valence-corrected chi connectivity index (χ3v) is 4.87. The zero-order valence-corrected chi connectivity index (χ0v) is 14.4. The summed E-state index contributed by atoms with van der Waals surface area (Å²) in [5, 5.41) is 13.4. The molecule has 2 nitrogen and oxygen atoms in total. The number of aliphatic hydroxyl groups is 1. The Labute approximate surface area is 131 Å². The van der Waals surface area contributed by atoms with Crippen LogP contribution in [0.25, 0.3) is 0 Å². The minimum atomic E-state index is -0.526. The van der Waals surface area contributed by atoms with Crippen LogP contribution in [0.5, 0.6) is 0 Å². The fourth-order valence-electron chi connectivity index (χ4n) is 2.15. The van der Waals surface area contributed by atoms with Crippen LogP contribution in [0.4, 0.5) is 0 Å². The second-order valence-corrected chi connectivity index (χ2v) is 7.80. The average Bonchev–Trinajstić information content (AvgIpc) is 2.88. The van der Waals surface area contributed by atoms with Crippen LogP contribution in [0.3, 0.4) is 0 Å². The van der Waals surface area contributed by atoms with E-state index in [4.69, 9.17) is 0 Å². The molecule has 2 aromatic rings. The first-order chi connectivity index (χ1) is 9.77. The highest BCUT2D eigenvalue weighted by atomic mass is 32.1. The number of hydrogen-bond acceptors (Lipinski definition) is 3. The first kappa shape index (κ1) is 16.2. The maximum atomic E-state index is 10.4. The maximum absolute atomic E-state index is 10.4. The van der Waals surface area contributed by atoms with Crippen molar-refractivity contribution in [2.45, 2.75) is 58.5 Å². The zero-order chi connectivity index (χ0) is 15.6. The molecule has 0 saturated heterocycles. The Morgan fingerprint density at radius 2 is 1.76 bits per heavy atom. The maximum Gasteiger partial charge on any atom is 0.101 e. The number of aromatic nitrogens is 1. The van der Waals surface area contributed by atoms with E-state index < -0.39 is 6.10 Å². The van der Waals surface area contributed by atoms with Gasteiger partial charge in [-0.15, -0.1) is 11.3 Å². The Morgan fingerprint density at radius 3 is 2.24 bits per heavy atom. The molecule has 0 radical (unpaired) electrons. The van der Waals surface area contributed by atoms with Crippen LogP contribution < -0.4 is 0 Å². The van der Waals surface area contributed by atoms with Gasteiger partial charge in [-0.1, -0.05) is 58.9 Å². The summed E-state index contributed by atoms with van der Waals surface area (Å²) in [6.45, 7) is 10.8. The zero-order valence-electron chi connectivity index (χ0n) is 13.6. The van der Waals surface area contributed by atoms with E-state index in [9.17, 15) is 5.11 Å². The van der Waals surface area contributed by atoms with Gasteiger partial charge in [0, 0.05) is 17.2 Å². The Bertz CT molecular complexity index is 578. The van der Waals surface area contributed by atoms with Gasteiger partial charge in [-0.25, -0.2) is 4.98 Å². The molecule has 1 aromatic carbocycles. The highest BCUT2D eigenvalue weighted by molar-refractivity contribution is 7.09. The average molecular weight is 303 g/mol. The molecule has 1 unspecified atom stereocenters. The number of aliphatic hydroxyl groups excluding tert-OH is 1. The number of rotatable bonds is 4. The van der Waals surface area contributed by atoms with Crippen molar-refractivity contribution in [2.24, 2.45) is 0 Å². The minimum Gasteiger partial charge on any atom is -0.386 e. The summed E-state index contributed by atoms with van der Waals surface area (Å²) < 4.78 is 0. The van der Waals surface area contributed by atoms with Gasteiger partial charge in [0.2, 0.25) is 0 Å². The lowest BCUT2D eigenvalue weighted by Crippen LogP contribution is -2.11. The van der Waals surface area contributed by atoms with Crippen molar-refractivity contribution in [1.82, 2.24) is 4.98 Å². The summed E-state index contributed by atoms with van der Waals surface area (Å²) in [4.78, 5) is 4.59.